The summed E-state index contributed by atoms with van der Waals surface area (Å²) in [5.74, 6) is 3.92. The number of nitrogens with zero attached hydrogens (tertiary/aromatic N) is 3. The molecule has 1 saturated heterocycles. The van der Waals surface area contributed by atoms with E-state index in [2.05, 4.69) is 50.5 Å². The Bertz CT molecular complexity index is 789. The van der Waals surface area contributed by atoms with Crippen LogP contribution in [0, 0.1) is 25.2 Å². The minimum absolute atomic E-state index is 0.00784. The zero-order valence-electron chi connectivity index (χ0n) is 14.9. The Morgan fingerprint density at radius 1 is 1.27 bits per heavy atom. The summed E-state index contributed by atoms with van der Waals surface area (Å²) in [5.41, 5.74) is 2.21. The lowest BCUT2D eigenvalue weighted by molar-refractivity contribution is -0.125. The summed E-state index contributed by atoms with van der Waals surface area (Å²) in [6.45, 7) is 3.85. The predicted octanol–water partition coefficient (Wildman–Crippen LogP) is 2.49. The van der Waals surface area contributed by atoms with E-state index in [-0.39, 0.29) is 18.4 Å². The minimum Gasteiger partial charge on any atom is -0.345 e. The molecule has 0 spiro atoms. The second kappa shape index (κ2) is 8.34. The number of aromatic nitrogens is 2. The third kappa shape index (κ3) is 4.51. The second-order valence-corrected chi connectivity index (χ2v) is 6.42. The van der Waals surface area contributed by atoms with Crippen molar-refractivity contribution in [1.29, 1.82) is 0 Å². The maximum Gasteiger partial charge on any atom is 0.227 e. The molecule has 1 aromatic heterocycles. The lowest BCUT2D eigenvalue weighted by Crippen LogP contribution is -2.41. The van der Waals surface area contributed by atoms with Crippen molar-refractivity contribution in [2.75, 3.05) is 29.9 Å². The van der Waals surface area contributed by atoms with E-state index in [1.165, 1.54) is 5.56 Å². The van der Waals surface area contributed by atoms with Gasteiger partial charge in [0.15, 0.2) is 0 Å². The molecule has 2 N–H and O–H groups in total. The van der Waals surface area contributed by atoms with E-state index >= 15 is 0 Å². The summed E-state index contributed by atoms with van der Waals surface area (Å²) in [5, 5.41) is 6.06. The van der Waals surface area contributed by atoms with Crippen LogP contribution in [0.1, 0.15) is 18.4 Å². The number of carbonyl (C=O) groups is 1. The van der Waals surface area contributed by atoms with Gasteiger partial charge < -0.3 is 15.5 Å². The number of nitrogens with one attached hydrogen (secondary N) is 2. The number of carbonyl (C=O) groups excluding carboxylic acids is 1. The fraction of sp³-hybridized carbons (Fsp3) is 0.350. The van der Waals surface area contributed by atoms with E-state index < -0.39 is 0 Å². The SMILES string of the molecule is C#CCNC(=O)C1CCN(c2nccc(Nc3ccc(C)cc3)n2)CC1. The van der Waals surface area contributed by atoms with Gasteiger partial charge in [-0.15, -0.1) is 6.42 Å². The third-order valence-electron chi connectivity index (χ3n) is 4.48. The quantitative estimate of drug-likeness (QED) is 0.812. The van der Waals surface area contributed by atoms with Crippen molar-refractivity contribution in [3.63, 3.8) is 0 Å². The van der Waals surface area contributed by atoms with Crippen LogP contribution in [0.5, 0.6) is 0 Å². The fourth-order valence-corrected chi connectivity index (χ4v) is 2.98. The van der Waals surface area contributed by atoms with Crippen LogP contribution < -0.4 is 15.5 Å². The predicted molar refractivity (Wildman–Crippen MR) is 103 cm³/mol. The summed E-state index contributed by atoms with van der Waals surface area (Å²) in [6.07, 6.45) is 8.49. The van der Waals surface area contributed by atoms with Gasteiger partial charge in [0.25, 0.3) is 0 Å². The van der Waals surface area contributed by atoms with E-state index in [0.29, 0.717) is 5.95 Å². The molecule has 1 aliphatic heterocycles. The molecule has 6 heteroatoms. The number of benzene rings is 1. The van der Waals surface area contributed by atoms with Crippen LogP contribution >= 0.6 is 0 Å². The summed E-state index contributed by atoms with van der Waals surface area (Å²) in [6, 6.07) is 10.0. The van der Waals surface area contributed by atoms with Gasteiger partial charge in [-0.1, -0.05) is 23.6 Å². The van der Waals surface area contributed by atoms with E-state index in [9.17, 15) is 4.79 Å². The molecular formula is C20H23N5O. The van der Waals surface area contributed by atoms with E-state index in [1.54, 1.807) is 6.20 Å². The molecule has 0 unspecified atom stereocenters. The van der Waals surface area contributed by atoms with E-state index in [0.717, 1.165) is 37.4 Å². The average Bonchev–Trinajstić information content (AvgIpc) is 2.68. The Labute approximate surface area is 154 Å². The molecule has 1 aliphatic rings. The van der Waals surface area contributed by atoms with Crippen molar-refractivity contribution in [3.8, 4) is 12.3 Å². The molecular weight excluding hydrogens is 326 g/mol. The highest BCUT2D eigenvalue weighted by Gasteiger charge is 2.25. The van der Waals surface area contributed by atoms with Gasteiger partial charge in [-0.2, -0.15) is 4.98 Å². The first-order valence-corrected chi connectivity index (χ1v) is 8.78. The van der Waals surface area contributed by atoms with Crippen molar-refractivity contribution in [2.45, 2.75) is 19.8 Å². The van der Waals surface area contributed by atoms with Gasteiger partial charge in [0.05, 0.1) is 6.54 Å². The molecule has 0 aliphatic carbocycles. The molecule has 1 fully saturated rings. The summed E-state index contributed by atoms with van der Waals surface area (Å²) >= 11 is 0. The van der Waals surface area contributed by atoms with E-state index in [1.807, 2.05) is 18.2 Å². The van der Waals surface area contributed by atoms with E-state index in [4.69, 9.17) is 6.42 Å². The Hall–Kier alpha value is -3.07. The summed E-state index contributed by atoms with van der Waals surface area (Å²) in [7, 11) is 0. The highest BCUT2D eigenvalue weighted by Crippen LogP contribution is 2.22. The van der Waals surface area contributed by atoms with Crippen LogP contribution in [0.4, 0.5) is 17.5 Å². The largest absolute Gasteiger partial charge is 0.345 e. The third-order valence-corrected chi connectivity index (χ3v) is 4.48. The first-order chi connectivity index (χ1) is 12.7. The Balaban J connectivity index is 1.60. The van der Waals surface area contributed by atoms with Gasteiger partial charge in [0.1, 0.15) is 5.82 Å². The molecule has 26 heavy (non-hydrogen) atoms. The first-order valence-electron chi connectivity index (χ1n) is 8.78. The lowest BCUT2D eigenvalue weighted by Gasteiger charge is -2.31. The average molecular weight is 349 g/mol. The Kier molecular flexibility index (Phi) is 5.69. The Morgan fingerprint density at radius 3 is 2.69 bits per heavy atom. The van der Waals surface area contributed by atoms with Gasteiger partial charge in [-0.3, -0.25) is 4.79 Å². The molecule has 1 amide bonds. The standard InChI is InChI=1S/C20H23N5O/c1-3-11-21-19(26)16-9-13-25(14-10-16)20-22-12-8-18(24-20)23-17-6-4-15(2)5-7-17/h1,4-8,12,16H,9-11,13-14H2,2H3,(H,21,26)(H,22,23,24). The minimum atomic E-state index is 0.00784. The molecule has 134 valence electrons. The van der Waals surface area contributed by atoms with Crippen molar-refractivity contribution >= 4 is 23.4 Å². The zero-order chi connectivity index (χ0) is 18.4. The van der Waals surface area contributed by atoms with Gasteiger partial charge in [0, 0.05) is 30.9 Å². The number of amides is 1. The number of rotatable bonds is 5. The Morgan fingerprint density at radius 2 is 2.00 bits per heavy atom. The van der Waals surface area contributed by atoms with Crippen LogP contribution in [0.3, 0.4) is 0 Å². The molecule has 0 bridgehead atoms. The number of piperidine rings is 1. The van der Waals surface area contributed by atoms with Crippen LogP contribution in [0.25, 0.3) is 0 Å². The first kappa shape index (κ1) is 17.7. The van der Waals surface area contributed by atoms with Crippen molar-refractivity contribution in [3.05, 3.63) is 42.1 Å². The summed E-state index contributed by atoms with van der Waals surface area (Å²) < 4.78 is 0. The van der Waals surface area contributed by atoms with Gasteiger partial charge in [-0.25, -0.2) is 4.98 Å². The van der Waals surface area contributed by atoms with Crippen molar-refractivity contribution < 1.29 is 4.79 Å². The molecule has 6 nitrogen and oxygen atoms in total. The van der Waals surface area contributed by atoms with Gasteiger partial charge in [0.2, 0.25) is 11.9 Å². The number of aryl methyl sites for hydroxylation is 1. The van der Waals surface area contributed by atoms with Crippen LogP contribution in [-0.2, 0) is 4.79 Å². The molecule has 0 radical (unpaired) electrons. The normalized spacial score (nSPS) is 14.5. The van der Waals surface area contributed by atoms with Crippen LogP contribution in [-0.4, -0.2) is 35.5 Å². The fourth-order valence-electron chi connectivity index (χ4n) is 2.98. The second-order valence-electron chi connectivity index (χ2n) is 6.42. The number of anilines is 3. The monoisotopic (exact) mass is 349 g/mol. The maximum absolute atomic E-state index is 12.0. The highest BCUT2D eigenvalue weighted by atomic mass is 16.1. The van der Waals surface area contributed by atoms with Crippen LogP contribution in [0.2, 0.25) is 0 Å². The topological polar surface area (TPSA) is 70.2 Å². The molecule has 2 aromatic rings. The lowest BCUT2D eigenvalue weighted by atomic mass is 9.96. The number of terminal acetylenes is 1. The number of hydrogen-bond donors (Lipinski definition) is 2. The number of hydrogen-bond acceptors (Lipinski definition) is 5. The summed E-state index contributed by atoms with van der Waals surface area (Å²) in [4.78, 5) is 23.1. The molecule has 0 saturated carbocycles. The molecule has 0 atom stereocenters. The maximum atomic E-state index is 12.0. The molecule has 2 heterocycles. The smallest absolute Gasteiger partial charge is 0.227 e. The zero-order valence-corrected chi connectivity index (χ0v) is 14.9. The highest BCUT2D eigenvalue weighted by molar-refractivity contribution is 5.79. The van der Waals surface area contributed by atoms with Crippen molar-refractivity contribution in [1.82, 2.24) is 15.3 Å². The van der Waals surface area contributed by atoms with Crippen LogP contribution in [0.15, 0.2) is 36.5 Å². The molecule has 1 aromatic carbocycles. The van der Waals surface area contributed by atoms with Gasteiger partial charge in [-0.05, 0) is 38.0 Å². The van der Waals surface area contributed by atoms with Crippen molar-refractivity contribution in [2.24, 2.45) is 5.92 Å². The molecule has 3 rings (SSSR count). The van der Waals surface area contributed by atoms with Gasteiger partial charge >= 0.3 is 0 Å².